The second kappa shape index (κ2) is 9.82. The maximum Gasteiger partial charge on any atom is 0.298 e. The number of pyridine rings is 1. The maximum atomic E-state index is 12.5. The van der Waals surface area contributed by atoms with Crippen LogP contribution >= 0.6 is 11.5 Å². The zero-order valence-corrected chi connectivity index (χ0v) is 17.6. The van der Waals surface area contributed by atoms with E-state index in [9.17, 15) is 4.79 Å². The van der Waals surface area contributed by atoms with Gasteiger partial charge in [0.1, 0.15) is 11.5 Å². The van der Waals surface area contributed by atoms with Crippen LogP contribution in [0.4, 0.5) is 0 Å². The van der Waals surface area contributed by atoms with Gasteiger partial charge in [0, 0.05) is 29.7 Å². The lowest BCUT2D eigenvalue weighted by Crippen LogP contribution is -2.23. The third-order valence-electron chi connectivity index (χ3n) is 4.40. The van der Waals surface area contributed by atoms with E-state index in [4.69, 9.17) is 9.47 Å². The van der Waals surface area contributed by atoms with E-state index in [1.807, 2.05) is 42.5 Å². The normalized spacial score (nSPS) is 10.5. The lowest BCUT2D eigenvalue weighted by atomic mass is 10.1. The van der Waals surface area contributed by atoms with Gasteiger partial charge >= 0.3 is 0 Å². The smallest absolute Gasteiger partial charge is 0.298 e. The molecule has 0 fully saturated rings. The molecule has 0 spiro atoms. The first kappa shape index (κ1) is 20.5. The van der Waals surface area contributed by atoms with Crippen LogP contribution in [0.3, 0.4) is 0 Å². The van der Waals surface area contributed by atoms with E-state index in [-0.39, 0.29) is 5.91 Å². The van der Waals surface area contributed by atoms with Crippen molar-refractivity contribution >= 4 is 17.4 Å². The number of nitrogens with zero attached hydrogens (tertiary/aromatic N) is 3. The zero-order chi connectivity index (χ0) is 21.5. The zero-order valence-electron chi connectivity index (χ0n) is 16.8. The van der Waals surface area contributed by atoms with Gasteiger partial charge < -0.3 is 14.8 Å². The molecule has 0 bridgehead atoms. The van der Waals surface area contributed by atoms with Crippen molar-refractivity contribution in [2.75, 3.05) is 7.11 Å². The van der Waals surface area contributed by atoms with Crippen LogP contribution in [0.2, 0.25) is 0 Å². The average Bonchev–Trinajstić information content (AvgIpc) is 3.25. The van der Waals surface area contributed by atoms with Crippen molar-refractivity contribution in [3.63, 3.8) is 0 Å². The molecule has 0 aliphatic carbocycles. The lowest BCUT2D eigenvalue weighted by molar-refractivity contribution is 0.0950. The molecule has 31 heavy (non-hydrogen) atoms. The van der Waals surface area contributed by atoms with Crippen molar-refractivity contribution in [2.45, 2.75) is 13.0 Å². The number of aromatic nitrogens is 3. The summed E-state index contributed by atoms with van der Waals surface area (Å²) < 4.78 is 15.4. The Kier molecular flexibility index (Phi) is 6.49. The first-order valence-electron chi connectivity index (χ1n) is 9.61. The molecule has 1 N–H and O–H groups in total. The summed E-state index contributed by atoms with van der Waals surface area (Å²) in [5.74, 6) is 1.78. The molecule has 0 aliphatic heterocycles. The Morgan fingerprint density at radius 1 is 1.03 bits per heavy atom. The highest BCUT2D eigenvalue weighted by Crippen LogP contribution is 2.25. The van der Waals surface area contributed by atoms with Gasteiger partial charge in [-0.2, -0.15) is 9.36 Å². The molecule has 2 heterocycles. The molecule has 0 radical (unpaired) electrons. The number of hydrogen-bond donors (Lipinski definition) is 1. The SMILES string of the molecule is COc1cccc(Cc2nsc(Oc3cccc(C(=O)NCc4ccccn4)c3)n2)c1. The molecular formula is C23H20N4O3S. The fourth-order valence-corrected chi connectivity index (χ4v) is 3.46. The molecule has 0 unspecified atom stereocenters. The molecule has 0 atom stereocenters. The van der Waals surface area contributed by atoms with Gasteiger partial charge in [0.2, 0.25) is 0 Å². The molecule has 4 rings (SSSR count). The Bertz CT molecular complexity index is 1160. The monoisotopic (exact) mass is 432 g/mol. The van der Waals surface area contributed by atoms with E-state index in [0.717, 1.165) is 17.0 Å². The molecule has 8 heteroatoms. The van der Waals surface area contributed by atoms with Gasteiger partial charge in [-0.3, -0.25) is 9.78 Å². The molecule has 4 aromatic rings. The summed E-state index contributed by atoms with van der Waals surface area (Å²) in [4.78, 5) is 21.1. The van der Waals surface area contributed by atoms with Gasteiger partial charge in [0.05, 0.1) is 19.3 Å². The van der Waals surface area contributed by atoms with E-state index in [2.05, 4.69) is 19.7 Å². The third kappa shape index (κ3) is 5.64. The minimum absolute atomic E-state index is 0.202. The minimum Gasteiger partial charge on any atom is -0.497 e. The maximum absolute atomic E-state index is 12.5. The van der Waals surface area contributed by atoms with E-state index >= 15 is 0 Å². The van der Waals surface area contributed by atoms with E-state index in [1.165, 1.54) is 11.5 Å². The summed E-state index contributed by atoms with van der Waals surface area (Å²) in [6, 6.07) is 20.3. The standard InChI is InChI=1S/C23H20N4O3S/c1-29-19-9-4-6-16(12-19)13-21-26-23(31-27-21)30-20-10-5-7-17(14-20)22(28)25-15-18-8-2-3-11-24-18/h2-12,14H,13,15H2,1H3,(H,25,28). The van der Waals surface area contributed by atoms with E-state index in [0.29, 0.717) is 35.3 Å². The number of ether oxygens (including phenoxy) is 2. The van der Waals surface area contributed by atoms with Crippen molar-refractivity contribution < 1.29 is 14.3 Å². The molecule has 0 saturated carbocycles. The number of carbonyl (C=O) groups is 1. The lowest BCUT2D eigenvalue weighted by Gasteiger charge is -2.06. The van der Waals surface area contributed by atoms with Gasteiger partial charge in [-0.1, -0.05) is 24.3 Å². The second-order valence-corrected chi connectivity index (χ2v) is 7.35. The van der Waals surface area contributed by atoms with Gasteiger partial charge in [-0.25, -0.2) is 0 Å². The molecule has 2 aromatic carbocycles. The highest BCUT2D eigenvalue weighted by atomic mass is 32.1. The van der Waals surface area contributed by atoms with Crippen LogP contribution < -0.4 is 14.8 Å². The topological polar surface area (TPSA) is 86.2 Å². The average molecular weight is 433 g/mol. The highest BCUT2D eigenvalue weighted by molar-refractivity contribution is 7.07. The van der Waals surface area contributed by atoms with Crippen molar-refractivity contribution in [3.8, 4) is 16.7 Å². The van der Waals surface area contributed by atoms with Crippen LogP contribution in [0.1, 0.15) is 27.4 Å². The van der Waals surface area contributed by atoms with Crippen molar-refractivity contribution in [1.29, 1.82) is 0 Å². The van der Waals surface area contributed by atoms with Crippen LogP contribution in [-0.2, 0) is 13.0 Å². The predicted molar refractivity (Wildman–Crippen MR) is 118 cm³/mol. The first-order chi connectivity index (χ1) is 15.2. The van der Waals surface area contributed by atoms with Crippen LogP contribution in [0.15, 0.2) is 72.9 Å². The number of benzene rings is 2. The Labute approximate surface area is 183 Å². The van der Waals surface area contributed by atoms with Crippen molar-refractivity contribution in [2.24, 2.45) is 0 Å². The van der Waals surface area contributed by atoms with Crippen LogP contribution in [0.5, 0.6) is 16.7 Å². The van der Waals surface area contributed by atoms with Gasteiger partial charge in [0.25, 0.3) is 11.1 Å². The second-order valence-electron chi connectivity index (χ2n) is 6.64. The molecular weight excluding hydrogens is 412 g/mol. The van der Waals surface area contributed by atoms with Gasteiger partial charge in [0.15, 0.2) is 5.82 Å². The quantitative estimate of drug-likeness (QED) is 0.448. The summed E-state index contributed by atoms with van der Waals surface area (Å²) in [6.07, 6.45) is 2.27. The predicted octanol–water partition coefficient (Wildman–Crippen LogP) is 4.25. The fraction of sp³-hybridized carbons (Fsp3) is 0.130. The van der Waals surface area contributed by atoms with E-state index in [1.54, 1.807) is 37.6 Å². The van der Waals surface area contributed by atoms with Crippen LogP contribution in [0, 0.1) is 0 Å². The molecule has 0 saturated heterocycles. The summed E-state index contributed by atoms with van der Waals surface area (Å²) in [5, 5.41) is 3.27. The number of nitrogens with one attached hydrogen (secondary N) is 1. The van der Waals surface area contributed by atoms with Crippen LogP contribution in [-0.4, -0.2) is 27.4 Å². The number of amides is 1. The third-order valence-corrected chi connectivity index (χ3v) is 5.04. The summed E-state index contributed by atoms with van der Waals surface area (Å²) >= 11 is 1.17. The highest BCUT2D eigenvalue weighted by Gasteiger charge is 2.11. The first-order valence-corrected chi connectivity index (χ1v) is 10.4. The summed E-state index contributed by atoms with van der Waals surface area (Å²) in [5.41, 5.74) is 2.34. The Morgan fingerprint density at radius 3 is 2.74 bits per heavy atom. The number of hydrogen-bond acceptors (Lipinski definition) is 7. The summed E-state index contributed by atoms with van der Waals surface area (Å²) in [7, 11) is 1.64. The van der Waals surface area contributed by atoms with Gasteiger partial charge in [-0.15, -0.1) is 0 Å². The van der Waals surface area contributed by atoms with E-state index < -0.39 is 0 Å². The Balaban J connectivity index is 1.38. The number of methoxy groups -OCH3 is 1. The van der Waals surface area contributed by atoms with Gasteiger partial charge in [-0.05, 0) is 48.0 Å². The van der Waals surface area contributed by atoms with Crippen LogP contribution in [0.25, 0.3) is 0 Å². The number of carbonyl (C=O) groups excluding carboxylic acids is 1. The molecule has 0 aliphatic rings. The van der Waals surface area contributed by atoms with Crippen molar-refractivity contribution in [1.82, 2.24) is 19.7 Å². The Hall–Kier alpha value is -3.78. The molecule has 7 nitrogen and oxygen atoms in total. The molecule has 1 amide bonds. The van der Waals surface area contributed by atoms with Crippen molar-refractivity contribution in [3.05, 3.63) is 95.6 Å². The molecule has 156 valence electrons. The molecule has 2 aromatic heterocycles. The Morgan fingerprint density at radius 2 is 1.90 bits per heavy atom. The summed E-state index contributed by atoms with van der Waals surface area (Å²) in [6.45, 7) is 0.356. The number of rotatable bonds is 8. The largest absolute Gasteiger partial charge is 0.497 e. The minimum atomic E-state index is -0.202. The fourth-order valence-electron chi connectivity index (χ4n) is 2.89.